The van der Waals surface area contributed by atoms with Crippen LogP contribution in [0.15, 0.2) is 18.2 Å². The molecule has 0 aromatic heterocycles. The van der Waals surface area contributed by atoms with E-state index in [0.29, 0.717) is 11.4 Å². The average Bonchev–Trinajstić information content (AvgIpc) is 2.78. The number of phenolic OH excluding ortho intramolecular Hbond substituents is 1. The zero-order valence-corrected chi connectivity index (χ0v) is 8.01. The Hall–Kier alpha value is -0.730. The van der Waals surface area contributed by atoms with E-state index in [1.54, 1.807) is 18.2 Å². The van der Waals surface area contributed by atoms with Crippen molar-refractivity contribution < 1.29 is 5.11 Å². The maximum atomic E-state index is 9.54. The predicted octanol–water partition coefficient (Wildman–Crippen LogP) is 2.08. The Morgan fingerprint density at radius 2 is 2.15 bits per heavy atom. The summed E-state index contributed by atoms with van der Waals surface area (Å²) in [7, 11) is 0. The Morgan fingerprint density at radius 3 is 2.69 bits per heavy atom. The fourth-order valence-electron chi connectivity index (χ4n) is 1.41. The molecule has 0 radical (unpaired) electrons. The summed E-state index contributed by atoms with van der Waals surface area (Å²) in [6.07, 6.45) is 2.73. The maximum absolute atomic E-state index is 9.54. The van der Waals surface area contributed by atoms with Crippen molar-refractivity contribution in [2.45, 2.75) is 24.8 Å². The van der Waals surface area contributed by atoms with Gasteiger partial charge in [0.15, 0.2) is 0 Å². The van der Waals surface area contributed by atoms with Crippen LogP contribution in [0.1, 0.15) is 18.4 Å². The number of phenols is 1. The van der Waals surface area contributed by atoms with E-state index in [9.17, 15) is 5.11 Å². The minimum atomic E-state index is -0.109. The van der Waals surface area contributed by atoms with Crippen molar-refractivity contribution in [3.8, 4) is 5.75 Å². The lowest BCUT2D eigenvalue weighted by Crippen LogP contribution is -2.24. The van der Waals surface area contributed by atoms with E-state index in [1.807, 2.05) is 0 Å². The molecular formula is C10H12ClNO. The van der Waals surface area contributed by atoms with Crippen molar-refractivity contribution in [3.63, 3.8) is 0 Å². The van der Waals surface area contributed by atoms with Crippen LogP contribution >= 0.6 is 11.6 Å². The van der Waals surface area contributed by atoms with E-state index in [2.05, 4.69) is 0 Å². The molecule has 0 atom stereocenters. The third-order valence-electron chi connectivity index (χ3n) is 2.52. The van der Waals surface area contributed by atoms with Crippen molar-refractivity contribution in [1.29, 1.82) is 0 Å². The number of aromatic hydroxyl groups is 1. The molecule has 0 spiro atoms. The summed E-state index contributed by atoms with van der Waals surface area (Å²) in [6.45, 7) is 0. The summed E-state index contributed by atoms with van der Waals surface area (Å²) >= 11 is 5.95. The summed E-state index contributed by atoms with van der Waals surface area (Å²) < 4.78 is 0. The van der Waals surface area contributed by atoms with Crippen LogP contribution in [0.3, 0.4) is 0 Å². The number of nitrogens with two attached hydrogens (primary N) is 1. The lowest BCUT2D eigenvalue weighted by Gasteiger charge is -2.11. The van der Waals surface area contributed by atoms with E-state index < -0.39 is 0 Å². The highest BCUT2D eigenvalue weighted by molar-refractivity contribution is 6.31. The first-order valence-electron chi connectivity index (χ1n) is 4.36. The first kappa shape index (κ1) is 8.85. The number of hydrogen-bond donors (Lipinski definition) is 2. The average molecular weight is 198 g/mol. The highest BCUT2D eigenvalue weighted by Crippen LogP contribution is 2.39. The van der Waals surface area contributed by atoms with Crippen LogP contribution in [0, 0.1) is 0 Å². The molecule has 0 saturated heterocycles. The fraction of sp³-hybridized carbons (Fsp3) is 0.400. The molecule has 0 bridgehead atoms. The Labute approximate surface area is 82.3 Å². The molecule has 2 rings (SSSR count). The normalized spacial score (nSPS) is 18.6. The van der Waals surface area contributed by atoms with Crippen molar-refractivity contribution in [1.82, 2.24) is 0 Å². The Kier molecular flexibility index (Phi) is 1.97. The molecular weight excluding hydrogens is 186 g/mol. The first-order chi connectivity index (χ1) is 6.11. The largest absolute Gasteiger partial charge is 0.508 e. The number of hydrogen-bond acceptors (Lipinski definition) is 2. The van der Waals surface area contributed by atoms with Crippen molar-refractivity contribution in [2.75, 3.05) is 0 Å². The van der Waals surface area contributed by atoms with Gasteiger partial charge < -0.3 is 10.8 Å². The van der Waals surface area contributed by atoms with Crippen molar-refractivity contribution in [3.05, 3.63) is 28.8 Å². The van der Waals surface area contributed by atoms with Gasteiger partial charge in [-0.3, -0.25) is 0 Å². The fourth-order valence-corrected chi connectivity index (χ4v) is 1.65. The second-order valence-electron chi connectivity index (χ2n) is 3.78. The molecule has 1 aliphatic carbocycles. The monoisotopic (exact) mass is 197 g/mol. The zero-order valence-electron chi connectivity index (χ0n) is 7.26. The highest BCUT2D eigenvalue weighted by Gasteiger charge is 2.39. The third-order valence-corrected chi connectivity index (χ3v) is 2.87. The van der Waals surface area contributed by atoms with Gasteiger partial charge in [-0.25, -0.2) is 0 Å². The molecule has 0 heterocycles. The maximum Gasteiger partial charge on any atom is 0.120 e. The second kappa shape index (κ2) is 2.89. The van der Waals surface area contributed by atoms with E-state index in [1.165, 1.54) is 0 Å². The summed E-state index contributed by atoms with van der Waals surface area (Å²) in [5.74, 6) is 0.254. The van der Waals surface area contributed by atoms with E-state index in [0.717, 1.165) is 18.4 Å². The second-order valence-corrected chi connectivity index (χ2v) is 4.18. The molecule has 1 saturated carbocycles. The molecule has 0 amide bonds. The van der Waals surface area contributed by atoms with Gasteiger partial charge in [-0.1, -0.05) is 17.7 Å². The Balaban J connectivity index is 2.28. The van der Waals surface area contributed by atoms with Gasteiger partial charge in [0.05, 0.1) is 0 Å². The predicted molar refractivity (Wildman–Crippen MR) is 53.0 cm³/mol. The third kappa shape index (κ3) is 1.79. The zero-order chi connectivity index (χ0) is 9.47. The van der Waals surface area contributed by atoms with Gasteiger partial charge in [0.25, 0.3) is 0 Å². The summed E-state index contributed by atoms with van der Waals surface area (Å²) in [5.41, 5.74) is 6.62. The smallest absolute Gasteiger partial charge is 0.120 e. The van der Waals surface area contributed by atoms with Crippen molar-refractivity contribution in [2.24, 2.45) is 5.73 Å². The highest BCUT2D eigenvalue weighted by atomic mass is 35.5. The van der Waals surface area contributed by atoms with Gasteiger partial charge in [-0.15, -0.1) is 0 Å². The first-order valence-corrected chi connectivity index (χ1v) is 4.74. The van der Waals surface area contributed by atoms with Crippen LogP contribution in [-0.2, 0) is 6.42 Å². The summed E-state index contributed by atoms with van der Waals surface area (Å²) in [5, 5.41) is 10.2. The Morgan fingerprint density at radius 1 is 1.46 bits per heavy atom. The lowest BCUT2D eigenvalue weighted by molar-refractivity contribution is 0.463. The number of benzene rings is 1. The Bertz CT molecular complexity index is 313. The molecule has 1 aromatic carbocycles. The van der Waals surface area contributed by atoms with Crippen LogP contribution in [0.4, 0.5) is 0 Å². The standard InChI is InChI=1S/C10H12ClNO/c11-8-2-1-3-9(13)7(8)6-10(12)4-5-10/h1-3,13H,4-6,12H2. The molecule has 0 unspecified atom stereocenters. The lowest BCUT2D eigenvalue weighted by atomic mass is 10.0. The SMILES string of the molecule is NC1(Cc2c(O)cccc2Cl)CC1. The van der Waals surface area contributed by atoms with Crippen molar-refractivity contribution >= 4 is 11.6 Å². The molecule has 3 N–H and O–H groups in total. The minimum absolute atomic E-state index is 0.109. The van der Waals surface area contributed by atoms with Gasteiger partial charge in [0.2, 0.25) is 0 Å². The minimum Gasteiger partial charge on any atom is -0.508 e. The molecule has 1 aromatic rings. The molecule has 13 heavy (non-hydrogen) atoms. The van der Waals surface area contributed by atoms with Crippen LogP contribution in [0.2, 0.25) is 5.02 Å². The van der Waals surface area contributed by atoms with Crippen LogP contribution in [0.25, 0.3) is 0 Å². The molecule has 3 heteroatoms. The van der Waals surface area contributed by atoms with Gasteiger partial charge >= 0.3 is 0 Å². The van der Waals surface area contributed by atoms with Crippen LogP contribution in [-0.4, -0.2) is 10.6 Å². The molecule has 2 nitrogen and oxygen atoms in total. The van der Waals surface area contributed by atoms with E-state index >= 15 is 0 Å². The van der Waals surface area contributed by atoms with Gasteiger partial charge in [0, 0.05) is 16.1 Å². The summed E-state index contributed by atoms with van der Waals surface area (Å²) in [6, 6.07) is 5.16. The van der Waals surface area contributed by atoms with Crippen LogP contribution < -0.4 is 5.73 Å². The van der Waals surface area contributed by atoms with Crippen LogP contribution in [0.5, 0.6) is 5.75 Å². The molecule has 1 fully saturated rings. The van der Waals surface area contributed by atoms with Gasteiger partial charge in [-0.05, 0) is 31.4 Å². The van der Waals surface area contributed by atoms with E-state index in [-0.39, 0.29) is 11.3 Å². The van der Waals surface area contributed by atoms with E-state index in [4.69, 9.17) is 17.3 Å². The van der Waals surface area contributed by atoms with Gasteiger partial charge in [0.1, 0.15) is 5.75 Å². The molecule has 0 aliphatic heterocycles. The number of rotatable bonds is 2. The van der Waals surface area contributed by atoms with Gasteiger partial charge in [-0.2, -0.15) is 0 Å². The molecule has 1 aliphatic rings. The number of halogens is 1. The summed E-state index contributed by atoms with van der Waals surface area (Å²) in [4.78, 5) is 0. The quantitative estimate of drug-likeness (QED) is 0.763. The molecule has 70 valence electrons. The topological polar surface area (TPSA) is 46.2 Å².